The van der Waals surface area contributed by atoms with Gasteiger partial charge >= 0.3 is 0 Å². The molecule has 1 aliphatic heterocycles. The summed E-state index contributed by atoms with van der Waals surface area (Å²) in [5.74, 6) is 1.10. The molecule has 2 aliphatic rings. The molecule has 7 heteroatoms. The van der Waals surface area contributed by atoms with Gasteiger partial charge in [-0.3, -0.25) is 4.79 Å². The Hall–Kier alpha value is -2.41. The summed E-state index contributed by atoms with van der Waals surface area (Å²) in [6, 6.07) is 2.36. The second-order valence-electron chi connectivity index (χ2n) is 6.25. The molecular formula is C16H19N5O2. The van der Waals surface area contributed by atoms with E-state index in [9.17, 15) is 4.79 Å². The fraction of sp³-hybridized carbons (Fsp3) is 0.438. The van der Waals surface area contributed by atoms with Crippen molar-refractivity contribution in [3.05, 3.63) is 30.4 Å². The van der Waals surface area contributed by atoms with Crippen molar-refractivity contribution in [3.63, 3.8) is 0 Å². The van der Waals surface area contributed by atoms with E-state index < -0.39 is 6.61 Å². The largest absolute Gasteiger partial charge is 0.387 e. The number of aliphatic hydroxyl groups excluding tert-OH is 1. The third-order valence-corrected chi connectivity index (χ3v) is 4.96. The molecule has 0 aromatic carbocycles. The van der Waals surface area contributed by atoms with Crippen molar-refractivity contribution in [1.29, 1.82) is 0 Å². The standard InChI is InChI=1S/C16H19N5O2/c1-20(16-13-2-3-17-15(13)18-9-19-16)12-4-10-6-21(14(23)8-22)7-11(10)5-12/h2-3,6,9,11-12,22H,4-5,7-8H2,1H3,(H,17,18,19). The maximum atomic E-state index is 11.6. The number of hydrogen-bond acceptors (Lipinski definition) is 5. The lowest BCUT2D eigenvalue weighted by atomic mass is 10.1. The van der Waals surface area contributed by atoms with Gasteiger partial charge in [-0.25, -0.2) is 9.97 Å². The molecule has 0 spiro atoms. The smallest absolute Gasteiger partial charge is 0.252 e. The summed E-state index contributed by atoms with van der Waals surface area (Å²) in [4.78, 5) is 27.3. The number of nitrogens with one attached hydrogen (secondary N) is 1. The molecule has 1 aliphatic carbocycles. The molecule has 120 valence electrons. The van der Waals surface area contributed by atoms with Gasteiger partial charge in [-0.1, -0.05) is 0 Å². The second kappa shape index (κ2) is 5.34. The van der Waals surface area contributed by atoms with Crippen LogP contribution in [0.5, 0.6) is 0 Å². The fourth-order valence-corrected chi connectivity index (χ4v) is 3.71. The third-order valence-electron chi connectivity index (χ3n) is 4.96. The van der Waals surface area contributed by atoms with Crippen molar-refractivity contribution in [1.82, 2.24) is 19.9 Å². The lowest BCUT2D eigenvalue weighted by Crippen LogP contribution is -2.33. The molecule has 2 atom stereocenters. The number of carbonyl (C=O) groups is 1. The summed E-state index contributed by atoms with van der Waals surface area (Å²) in [5.41, 5.74) is 2.14. The maximum Gasteiger partial charge on any atom is 0.252 e. The highest BCUT2D eigenvalue weighted by atomic mass is 16.3. The van der Waals surface area contributed by atoms with E-state index in [2.05, 4.69) is 26.9 Å². The second-order valence-corrected chi connectivity index (χ2v) is 6.25. The van der Waals surface area contributed by atoms with Gasteiger partial charge < -0.3 is 19.9 Å². The molecule has 0 bridgehead atoms. The average Bonchev–Trinajstić information content (AvgIpc) is 3.26. The molecule has 2 unspecified atom stereocenters. The fourth-order valence-electron chi connectivity index (χ4n) is 3.71. The minimum absolute atomic E-state index is 0.221. The number of nitrogens with zero attached hydrogens (tertiary/aromatic N) is 4. The summed E-state index contributed by atoms with van der Waals surface area (Å²) in [6.07, 6.45) is 7.30. The first kappa shape index (κ1) is 14.2. The number of carbonyl (C=O) groups excluding carboxylic acids is 1. The topological polar surface area (TPSA) is 85.4 Å². The monoisotopic (exact) mass is 313 g/mol. The van der Waals surface area contributed by atoms with Crippen LogP contribution in [0.1, 0.15) is 12.8 Å². The molecule has 0 saturated heterocycles. The SMILES string of the molecule is CN(c1ncnc2[nH]ccc12)C1CC2=CN(C(=O)CO)CC2C1. The van der Waals surface area contributed by atoms with Gasteiger partial charge in [0, 0.05) is 37.9 Å². The Balaban J connectivity index is 1.55. The zero-order valence-electron chi connectivity index (χ0n) is 12.9. The summed E-state index contributed by atoms with van der Waals surface area (Å²) < 4.78 is 0. The van der Waals surface area contributed by atoms with Crippen molar-refractivity contribution in [3.8, 4) is 0 Å². The van der Waals surface area contributed by atoms with Gasteiger partial charge in [-0.05, 0) is 24.5 Å². The van der Waals surface area contributed by atoms with Crippen LogP contribution in [0, 0.1) is 5.92 Å². The zero-order chi connectivity index (χ0) is 16.0. The maximum absolute atomic E-state index is 11.6. The van der Waals surface area contributed by atoms with E-state index in [1.165, 1.54) is 5.57 Å². The van der Waals surface area contributed by atoms with E-state index in [1.807, 2.05) is 18.5 Å². The highest BCUT2D eigenvalue weighted by Crippen LogP contribution is 2.40. The Morgan fingerprint density at radius 1 is 1.52 bits per heavy atom. The molecule has 23 heavy (non-hydrogen) atoms. The molecule has 7 nitrogen and oxygen atoms in total. The molecule has 0 radical (unpaired) electrons. The van der Waals surface area contributed by atoms with Crippen LogP contribution in [-0.4, -0.2) is 57.1 Å². The van der Waals surface area contributed by atoms with E-state index in [0.717, 1.165) is 29.7 Å². The van der Waals surface area contributed by atoms with Gasteiger partial charge in [0.1, 0.15) is 24.4 Å². The van der Waals surface area contributed by atoms with E-state index in [0.29, 0.717) is 18.5 Å². The lowest BCUT2D eigenvalue weighted by Gasteiger charge is -2.26. The molecular weight excluding hydrogens is 294 g/mol. The van der Waals surface area contributed by atoms with Crippen LogP contribution in [0.15, 0.2) is 30.4 Å². The van der Waals surface area contributed by atoms with E-state index in [4.69, 9.17) is 5.11 Å². The highest BCUT2D eigenvalue weighted by molar-refractivity contribution is 5.87. The van der Waals surface area contributed by atoms with Crippen molar-refractivity contribution < 1.29 is 9.90 Å². The van der Waals surface area contributed by atoms with Crippen LogP contribution in [0.25, 0.3) is 11.0 Å². The van der Waals surface area contributed by atoms with Gasteiger partial charge in [-0.15, -0.1) is 0 Å². The number of fused-ring (bicyclic) bond motifs is 2. The molecule has 1 saturated carbocycles. The first-order valence-corrected chi connectivity index (χ1v) is 7.79. The van der Waals surface area contributed by atoms with Crippen molar-refractivity contribution >= 4 is 22.8 Å². The molecule has 4 rings (SSSR count). The Morgan fingerprint density at radius 3 is 3.17 bits per heavy atom. The average molecular weight is 313 g/mol. The number of amides is 1. The first-order valence-electron chi connectivity index (χ1n) is 7.79. The summed E-state index contributed by atoms with van der Waals surface area (Å²) in [6.45, 7) is 0.259. The minimum atomic E-state index is -0.424. The number of aromatic nitrogens is 3. The van der Waals surface area contributed by atoms with Crippen LogP contribution in [-0.2, 0) is 4.79 Å². The number of aromatic amines is 1. The van der Waals surface area contributed by atoms with Crippen LogP contribution >= 0.6 is 0 Å². The molecule has 2 N–H and O–H groups in total. The number of rotatable bonds is 3. The Bertz CT molecular complexity index is 784. The van der Waals surface area contributed by atoms with E-state index in [1.54, 1.807) is 11.2 Å². The predicted molar refractivity (Wildman–Crippen MR) is 85.7 cm³/mol. The molecule has 2 aromatic heterocycles. The van der Waals surface area contributed by atoms with E-state index in [-0.39, 0.29) is 5.91 Å². The van der Waals surface area contributed by atoms with Gasteiger partial charge in [-0.2, -0.15) is 0 Å². The van der Waals surface area contributed by atoms with Gasteiger partial charge in [0.25, 0.3) is 5.91 Å². The molecule has 1 fully saturated rings. The van der Waals surface area contributed by atoms with Crippen molar-refractivity contribution in [2.45, 2.75) is 18.9 Å². The van der Waals surface area contributed by atoms with Crippen molar-refractivity contribution in [2.24, 2.45) is 5.92 Å². The van der Waals surface area contributed by atoms with Gasteiger partial charge in [0.15, 0.2) is 0 Å². The van der Waals surface area contributed by atoms with Crippen LogP contribution in [0.3, 0.4) is 0 Å². The normalized spacial score (nSPS) is 23.2. The Labute approximate surface area is 133 Å². The number of H-pyrrole nitrogens is 1. The summed E-state index contributed by atoms with van der Waals surface area (Å²) in [5, 5.41) is 10.0. The highest BCUT2D eigenvalue weighted by Gasteiger charge is 2.38. The molecule has 2 aromatic rings. The minimum Gasteiger partial charge on any atom is -0.387 e. The number of aliphatic hydroxyl groups is 1. The van der Waals surface area contributed by atoms with E-state index >= 15 is 0 Å². The lowest BCUT2D eigenvalue weighted by molar-refractivity contribution is -0.131. The molecule has 1 amide bonds. The summed E-state index contributed by atoms with van der Waals surface area (Å²) in [7, 11) is 2.07. The van der Waals surface area contributed by atoms with Crippen LogP contribution in [0.2, 0.25) is 0 Å². The number of anilines is 1. The Morgan fingerprint density at radius 2 is 2.39 bits per heavy atom. The third kappa shape index (κ3) is 2.28. The van der Waals surface area contributed by atoms with Crippen LogP contribution < -0.4 is 4.90 Å². The Kier molecular flexibility index (Phi) is 3.30. The van der Waals surface area contributed by atoms with Gasteiger partial charge in [0.05, 0.1) is 5.39 Å². The van der Waals surface area contributed by atoms with Crippen LogP contribution in [0.4, 0.5) is 5.82 Å². The predicted octanol–water partition coefficient (Wildman–Crippen LogP) is 0.891. The van der Waals surface area contributed by atoms with Gasteiger partial charge in [0.2, 0.25) is 0 Å². The zero-order valence-corrected chi connectivity index (χ0v) is 12.9. The first-order chi connectivity index (χ1) is 11.2. The molecule has 3 heterocycles. The van der Waals surface area contributed by atoms with Crippen molar-refractivity contribution in [2.75, 3.05) is 25.1 Å². The quantitative estimate of drug-likeness (QED) is 0.879. The number of hydrogen-bond donors (Lipinski definition) is 2. The summed E-state index contributed by atoms with van der Waals surface area (Å²) >= 11 is 0.